The van der Waals surface area contributed by atoms with Gasteiger partial charge in [-0.2, -0.15) is 5.10 Å². The van der Waals surface area contributed by atoms with E-state index in [0.717, 1.165) is 30.0 Å². The van der Waals surface area contributed by atoms with Gasteiger partial charge in [0.2, 0.25) is 0 Å². The van der Waals surface area contributed by atoms with Gasteiger partial charge in [0, 0.05) is 31.9 Å². The minimum atomic E-state index is 0.105. The maximum Gasteiger partial charge on any atom is 0.185 e. The topological polar surface area (TPSA) is 51.0 Å². The van der Waals surface area contributed by atoms with Crippen LogP contribution in [0.4, 0.5) is 5.82 Å². The molecule has 0 atom stereocenters. The number of fused-ring (bicyclic) bond motifs is 1. The maximum atomic E-state index is 12.1. The molecule has 1 fully saturated rings. The summed E-state index contributed by atoms with van der Waals surface area (Å²) in [5, 5.41) is 4.15. The third-order valence-corrected chi connectivity index (χ3v) is 4.13. The zero-order valence-corrected chi connectivity index (χ0v) is 11.7. The van der Waals surface area contributed by atoms with Crippen molar-refractivity contribution in [3.05, 3.63) is 41.9 Å². The second kappa shape index (κ2) is 4.84. The van der Waals surface area contributed by atoms with E-state index < -0.39 is 0 Å². The normalized spacial score (nSPS) is 17.8. The highest BCUT2D eigenvalue weighted by molar-refractivity contribution is 6.05. The van der Waals surface area contributed by atoms with Crippen molar-refractivity contribution in [3.63, 3.8) is 0 Å². The Balaban J connectivity index is 1.64. The van der Waals surface area contributed by atoms with Crippen LogP contribution < -0.4 is 4.90 Å². The van der Waals surface area contributed by atoms with Gasteiger partial charge in [-0.05, 0) is 42.2 Å². The molecule has 0 aliphatic carbocycles. The highest BCUT2D eigenvalue weighted by atomic mass is 16.1. The Bertz CT molecular complexity index is 708. The standard InChI is InChI=1S/C16H16N4O/c21-15-9-13(11-20-14(15)5-6-18-20)12-3-4-16(17-10-12)19-7-1-2-8-19/h3-6,10-11H,1-2,7-9H2. The van der Waals surface area contributed by atoms with E-state index in [-0.39, 0.29) is 5.78 Å². The molecule has 4 rings (SSSR count). The largest absolute Gasteiger partial charge is 0.357 e. The van der Waals surface area contributed by atoms with Gasteiger partial charge in [0.05, 0.1) is 6.20 Å². The number of anilines is 1. The van der Waals surface area contributed by atoms with E-state index >= 15 is 0 Å². The molecule has 0 radical (unpaired) electrons. The monoisotopic (exact) mass is 280 g/mol. The average molecular weight is 280 g/mol. The van der Waals surface area contributed by atoms with E-state index in [1.54, 1.807) is 16.9 Å². The lowest BCUT2D eigenvalue weighted by Gasteiger charge is -2.17. The van der Waals surface area contributed by atoms with Gasteiger partial charge in [0.25, 0.3) is 0 Å². The number of hydrogen-bond acceptors (Lipinski definition) is 4. The van der Waals surface area contributed by atoms with Gasteiger partial charge in [-0.15, -0.1) is 0 Å². The molecule has 0 aromatic carbocycles. The first-order valence-corrected chi connectivity index (χ1v) is 7.30. The number of carbonyl (C=O) groups is 1. The molecular formula is C16H16N4O. The highest BCUT2D eigenvalue weighted by Gasteiger charge is 2.20. The zero-order valence-electron chi connectivity index (χ0n) is 11.7. The van der Waals surface area contributed by atoms with Gasteiger partial charge in [-0.25, -0.2) is 9.67 Å². The van der Waals surface area contributed by atoms with E-state index in [1.807, 2.05) is 24.5 Å². The molecule has 2 aromatic rings. The number of Topliss-reactive ketones (excluding diaryl/α,β-unsaturated/α-hetero) is 1. The molecule has 2 aliphatic rings. The number of nitrogens with zero attached hydrogens (tertiary/aromatic N) is 4. The number of rotatable bonds is 2. The Hall–Kier alpha value is -2.43. The molecule has 5 nitrogen and oxygen atoms in total. The van der Waals surface area contributed by atoms with Crippen LogP contribution in [0.25, 0.3) is 11.8 Å². The van der Waals surface area contributed by atoms with Crippen molar-refractivity contribution in [2.24, 2.45) is 0 Å². The SMILES string of the molecule is O=C1CC(c2ccc(N3CCCC3)nc2)=Cn2nccc21. The first-order valence-electron chi connectivity index (χ1n) is 7.30. The van der Waals surface area contributed by atoms with Gasteiger partial charge < -0.3 is 4.90 Å². The van der Waals surface area contributed by atoms with E-state index in [1.165, 1.54) is 12.8 Å². The molecule has 0 unspecified atom stereocenters. The van der Waals surface area contributed by atoms with E-state index in [9.17, 15) is 4.79 Å². The van der Waals surface area contributed by atoms with Crippen molar-refractivity contribution in [1.29, 1.82) is 0 Å². The summed E-state index contributed by atoms with van der Waals surface area (Å²) in [5.74, 6) is 1.13. The van der Waals surface area contributed by atoms with Crippen molar-refractivity contribution in [2.45, 2.75) is 19.3 Å². The van der Waals surface area contributed by atoms with Gasteiger partial charge in [-0.1, -0.05) is 0 Å². The Morgan fingerprint density at radius 1 is 1.10 bits per heavy atom. The second-order valence-corrected chi connectivity index (χ2v) is 5.51. The van der Waals surface area contributed by atoms with Crippen LogP contribution >= 0.6 is 0 Å². The van der Waals surface area contributed by atoms with Crippen LogP contribution in [0.1, 0.15) is 35.3 Å². The minimum Gasteiger partial charge on any atom is -0.357 e. The number of aromatic nitrogens is 3. The van der Waals surface area contributed by atoms with Crippen molar-refractivity contribution in [3.8, 4) is 0 Å². The smallest absolute Gasteiger partial charge is 0.185 e. The third kappa shape index (κ3) is 2.14. The molecule has 2 aromatic heterocycles. The van der Waals surface area contributed by atoms with E-state index in [2.05, 4.69) is 15.0 Å². The summed E-state index contributed by atoms with van der Waals surface area (Å²) in [6, 6.07) is 5.85. The second-order valence-electron chi connectivity index (χ2n) is 5.51. The van der Waals surface area contributed by atoms with Crippen molar-refractivity contribution in [1.82, 2.24) is 14.8 Å². The van der Waals surface area contributed by atoms with Crippen molar-refractivity contribution in [2.75, 3.05) is 18.0 Å². The summed E-state index contributed by atoms with van der Waals surface area (Å²) in [6.45, 7) is 2.17. The van der Waals surface area contributed by atoms with Crippen LogP contribution in [0.3, 0.4) is 0 Å². The molecule has 4 heterocycles. The third-order valence-electron chi connectivity index (χ3n) is 4.13. The van der Waals surface area contributed by atoms with Crippen LogP contribution in [0.15, 0.2) is 30.6 Å². The Morgan fingerprint density at radius 2 is 1.95 bits per heavy atom. The van der Waals surface area contributed by atoms with Crippen LogP contribution in [-0.2, 0) is 0 Å². The lowest BCUT2D eigenvalue weighted by molar-refractivity contribution is 0.0989. The quantitative estimate of drug-likeness (QED) is 0.848. The first-order chi connectivity index (χ1) is 10.3. The number of carbonyl (C=O) groups excluding carboxylic acids is 1. The summed E-state index contributed by atoms with van der Waals surface area (Å²) in [7, 11) is 0. The molecule has 2 aliphatic heterocycles. The summed E-state index contributed by atoms with van der Waals surface area (Å²) < 4.78 is 1.65. The predicted octanol–water partition coefficient (Wildman–Crippen LogP) is 2.46. The van der Waals surface area contributed by atoms with Gasteiger partial charge >= 0.3 is 0 Å². The van der Waals surface area contributed by atoms with Crippen LogP contribution in [0.5, 0.6) is 0 Å². The molecule has 0 bridgehead atoms. The summed E-state index contributed by atoms with van der Waals surface area (Å²) >= 11 is 0. The van der Waals surface area contributed by atoms with Crippen molar-refractivity contribution >= 4 is 23.4 Å². The zero-order chi connectivity index (χ0) is 14.2. The fourth-order valence-corrected chi connectivity index (χ4v) is 2.98. The van der Waals surface area contributed by atoms with Gasteiger partial charge in [-0.3, -0.25) is 4.79 Å². The lowest BCUT2D eigenvalue weighted by Crippen LogP contribution is -2.19. The summed E-state index contributed by atoms with van der Waals surface area (Å²) in [5.41, 5.74) is 2.62. The molecule has 21 heavy (non-hydrogen) atoms. The molecule has 0 saturated carbocycles. The Morgan fingerprint density at radius 3 is 2.71 bits per heavy atom. The van der Waals surface area contributed by atoms with Gasteiger partial charge in [0.1, 0.15) is 11.5 Å². The predicted molar refractivity (Wildman–Crippen MR) is 81.0 cm³/mol. The fourth-order valence-electron chi connectivity index (χ4n) is 2.98. The van der Waals surface area contributed by atoms with Crippen LogP contribution in [0.2, 0.25) is 0 Å². The van der Waals surface area contributed by atoms with E-state index in [4.69, 9.17) is 0 Å². The molecule has 0 spiro atoms. The number of ketones is 1. The lowest BCUT2D eigenvalue weighted by atomic mass is 9.99. The minimum absolute atomic E-state index is 0.105. The number of allylic oxidation sites excluding steroid dienone is 1. The van der Waals surface area contributed by atoms with Crippen molar-refractivity contribution < 1.29 is 4.79 Å². The molecule has 106 valence electrons. The Labute approximate surface area is 122 Å². The molecule has 0 amide bonds. The van der Waals surface area contributed by atoms with Crippen LogP contribution in [0, 0.1) is 0 Å². The Kier molecular flexibility index (Phi) is 2.84. The number of pyridine rings is 1. The summed E-state index contributed by atoms with van der Waals surface area (Å²) in [4.78, 5) is 18.9. The maximum absolute atomic E-state index is 12.1. The van der Waals surface area contributed by atoms with Gasteiger partial charge in [0.15, 0.2) is 5.78 Å². The first kappa shape index (κ1) is 12.3. The molecule has 0 N–H and O–H groups in total. The number of hydrogen-bond donors (Lipinski definition) is 0. The highest BCUT2D eigenvalue weighted by Crippen LogP contribution is 2.27. The fraction of sp³-hybridized carbons (Fsp3) is 0.312. The average Bonchev–Trinajstić information content (AvgIpc) is 3.19. The van der Waals surface area contributed by atoms with E-state index in [0.29, 0.717) is 12.1 Å². The molecule has 1 saturated heterocycles. The molecule has 5 heteroatoms. The molecular weight excluding hydrogens is 264 g/mol. The summed E-state index contributed by atoms with van der Waals surface area (Å²) in [6.07, 6.45) is 8.33. The van der Waals surface area contributed by atoms with Crippen LogP contribution in [-0.4, -0.2) is 33.6 Å².